The van der Waals surface area contributed by atoms with Gasteiger partial charge in [0.05, 0.1) is 28.8 Å². The summed E-state index contributed by atoms with van der Waals surface area (Å²) in [4.78, 5) is 39.5. The third-order valence-corrected chi connectivity index (χ3v) is 8.00. The zero-order valence-corrected chi connectivity index (χ0v) is 21.6. The number of amides is 1. The van der Waals surface area contributed by atoms with Gasteiger partial charge in [0, 0.05) is 24.0 Å². The average Bonchev–Trinajstić information content (AvgIpc) is 3.75. The first-order chi connectivity index (χ1) is 18.4. The Morgan fingerprint density at radius 3 is 2.32 bits per heavy atom. The molecule has 2 heterocycles. The minimum Gasteiger partial charge on any atom is -0.478 e. The van der Waals surface area contributed by atoms with Gasteiger partial charge >= 0.3 is 11.7 Å². The Labute approximate surface area is 224 Å². The van der Waals surface area contributed by atoms with Crippen LogP contribution in [0.15, 0.2) is 71.5 Å². The molecule has 0 atom stereocenters. The Bertz CT molecular complexity index is 1590. The molecular formula is C30H28ClN3O4. The molecule has 4 aromatic rings. The zero-order chi connectivity index (χ0) is 26.4. The van der Waals surface area contributed by atoms with Crippen LogP contribution in [0.4, 0.5) is 0 Å². The summed E-state index contributed by atoms with van der Waals surface area (Å²) in [6.45, 7) is 1.84. The van der Waals surface area contributed by atoms with E-state index in [1.54, 1.807) is 33.4 Å². The fourth-order valence-corrected chi connectivity index (χ4v) is 5.70. The van der Waals surface area contributed by atoms with Gasteiger partial charge in [-0.15, -0.1) is 0 Å². The summed E-state index contributed by atoms with van der Waals surface area (Å²) in [5.41, 5.74) is 4.05. The van der Waals surface area contributed by atoms with E-state index in [4.69, 9.17) is 11.6 Å². The fourth-order valence-electron chi connectivity index (χ4n) is 5.54. The molecule has 1 aliphatic heterocycles. The van der Waals surface area contributed by atoms with Crippen molar-refractivity contribution in [3.8, 4) is 5.69 Å². The van der Waals surface area contributed by atoms with Crippen LogP contribution < -0.4 is 5.69 Å². The molecule has 1 aliphatic carbocycles. The molecule has 0 spiro atoms. The molecule has 8 heteroatoms. The van der Waals surface area contributed by atoms with Crippen LogP contribution >= 0.6 is 11.6 Å². The normalized spacial score (nSPS) is 16.2. The molecule has 0 radical (unpaired) electrons. The number of hydrogen-bond donors (Lipinski definition) is 1. The van der Waals surface area contributed by atoms with Crippen molar-refractivity contribution in [2.75, 3.05) is 13.1 Å². The molecule has 1 saturated carbocycles. The van der Waals surface area contributed by atoms with Crippen LogP contribution in [-0.4, -0.2) is 44.1 Å². The van der Waals surface area contributed by atoms with Crippen LogP contribution in [0.5, 0.6) is 0 Å². The van der Waals surface area contributed by atoms with E-state index in [1.807, 2.05) is 29.2 Å². The maximum Gasteiger partial charge on any atom is 0.335 e. The molecule has 1 N–H and O–H groups in total. The smallest absolute Gasteiger partial charge is 0.335 e. The van der Waals surface area contributed by atoms with Crippen LogP contribution in [0.3, 0.4) is 0 Å². The molecule has 0 unspecified atom stereocenters. The Hall–Kier alpha value is -3.84. The number of aromatic carboxylic acids is 1. The summed E-state index contributed by atoms with van der Waals surface area (Å²) in [7, 11) is 0. The molecule has 7 nitrogen and oxygen atoms in total. The number of carbonyl (C=O) groups excluding carboxylic acids is 1. The van der Waals surface area contributed by atoms with Gasteiger partial charge in [-0.25, -0.2) is 9.59 Å². The van der Waals surface area contributed by atoms with E-state index in [1.165, 1.54) is 11.6 Å². The third kappa shape index (κ3) is 4.63. The number of aromatic nitrogens is 2. The second-order valence-corrected chi connectivity index (χ2v) is 10.7. The van der Waals surface area contributed by atoms with E-state index in [0.717, 1.165) is 55.5 Å². The van der Waals surface area contributed by atoms with Gasteiger partial charge in [-0.3, -0.25) is 13.9 Å². The minimum atomic E-state index is -1.01. The van der Waals surface area contributed by atoms with Crippen LogP contribution in [0.25, 0.3) is 16.7 Å². The number of carboxylic acid groups (broad SMARTS) is 1. The summed E-state index contributed by atoms with van der Waals surface area (Å²) in [6, 6.07) is 20.1. The first-order valence-corrected chi connectivity index (χ1v) is 13.4. The molecule has 194 valence electrons. The van der Waals surface area contributed by atoms with E-state index in [-0.39, 0.29) is 23.7 Å². The van der Waals surface area contributed by atoms with Gasteiger partial charge < -0.3 is 10.0 Å². The SMILES string of the molecule is O=C(O)c1cccc(Cn2c(=O)n(-c3ccc(C4CCN(C(=O)C5CC5)CC4)cc3)c3cc(Cl)ccc32)c1. The highest BCUT2D eigenvalue weighted by atomic mass is 35.5. The van der Waals surface area contributed by atoms with Gasteiger partial charge in [0.2, 0.25) is 5.91 Å². The second kappa shape index (κ2) is 9.80. The molecule has 0 bridgehead atoms. The van der Waals surface area contributed by atoms with Crippen molar-refractivity contribution in [2.45, 2.75) is 38.1 Å². The Morgan fingerprint density at radius 2 is 1.63 bits per heavy atom. The molecule has 2 aliphatic rings. The number of benzene rings is 3. The van der Waals surface area contributed by atoms with Crippen molar-refractivity contribution in [3.05, 3.63) is 98.9 Å². The maximum absolute atomic E-state index is 13.7. The van der Waals surface area contributed by atoms with Crippen LogP contribution in [-0.2, 0) is 11.3 Å². The lowest BCUT2D eigenvalue weighted by atomic mass is 9.89. The number of carbonyl (C=O) groups is 2. The lowest BCUT2D eigenvalue weighted by Crippen LogP contribution is -2.38. The molecule has 38 heavy (non-hydrogen) atoms. The van der Waals surface area contributed by atoms with Crippen molar-refractivity contribution in [3.63, 3.8) is 0 Å². The lowest BCUT2D eigenvalue weighted by molar-refractivity contribution is -0.133. The van der Waals surface area contributed by atoms with Crippen molar-refractivity contribution in [1.29, 1.82) is 0 Å². The predicted octanol–water partition coefficient (Wildman–Crippen LogP) is 5.31. The van der Waals surface area contributed by atoms with Gasteiger partial charge in [0.25, 0.3) is 0 Å². The molecule has 1 saturated heterocycles. The number of rotatable bonds is 6. The number of carboxylic acids is 1. The number of halogens is 1. The number of likely N-dealkylation sites (tertiary alicyclic amines) is 1. The summed E-state index contributed by atoms with van der Waals surface area (Å²) < 4.78 is 3.30. The monoisotopic (exact) mass is 529 g/mol. The maximum atomic E-state index is 13.7. The van der Waals surface area contributed by atoms with E-state index in [2.05, 4.69) is 12.1 Å². The molecule has 6 rings (SSSR count). The number of fused-ring (bicyclic) bond motifs is 1. The molecule has 3 aromatic carbocycles. The highest BCUT2D eigenvalue weighted by Crippen LogP contribution is 2.34. The van der Waals surface area contributed by atoms with Gasteiger partial charge in [-0.1, -0.05) is 35.9 Å². The topological polar surface area (TPSA) is 84.5 Å². The highest BCUT2D eigenvalue weighted by Gasteiger charge is 2.35. The van der Waals surface area contributed by atoms with Crippen molar-refractivity contribution < 1.29 is 14.7 Å². The van der Waals surface area contributed by atoms with E-state index in [9.17, 15) is 19.5 Å². The van der Waals surface area contributed by atoms with Gasteiger partial charge in [0.15, 0.2) is 0 Å². The predicted molar refractivity (Wildman–Crippen MR) is 146 cm³/mol. The number of hydrogen-bond acceptors (Lipinski definition) is 3. The van der Waals surface area contributed by atoms with Crippen molar-refractivity contribution in [2.24, 2.45) is 5.92 Å². The number of nitrogens with zero attached hydrogens (tertiary/aromatic N) is 3. The first-order valence-electron chi connectivity index (χ1n) is 13.0. The number of piperidine rings is 1. The van der Waals surface area contributed by atoms with Crippen molar-refractivity contribution >= 4 is 34.5 Å². The lowest BCUT2D eigenvalue weighted by Gasteiger charge is -2.32. The molecule has 1 aromatic heterocycles. The van der Waals surface area contributed by atoms with Gasteiger partial charge in [0.1, 0.15) is 0 Å². The molecular weight excluding hydrogens is 502 g/mol. The van der Waals surface area contributed by atoms with Crippen molar-refractivity contribution in [1.82, 2.24) is 14.0 Å². The summed E-state index contributed by atoms with van der Waals surface area (Å²) in [5, 5.41) is 9.89. The molecule has 1 amide bonds. The average molecular weight is 530 g/mol. The second-order valence-electron chi connectivity index (χ2n) is 10.3. The number of imidazole rings is 1. The van der Waals surface area contributed by atoms with Crippen LogP contribution in [0.2, 0.25) is 5.02 Å². The van der Waals surface area contributed by atoms with E-state index >= 15 is 0 Å². The Morgan fingerprint density at radius 1 is 0.895 bits per heavy atom. The Kier molecular flexibility index (Phi) is 6.32. The largest absolute Gasteiger partial charge is 0.478 e. The van der Waals surface area contributed by atoms with Crippen LogP contribution in [0.1, 0.15) is 53.1 Å². The third-order valence-electron chi connectivity index (χ3n) is 7.76. The van der Waals surface area contributed by atoms with E-state index in [0.29, 0.717) is 22.4 Å². The fraction of sp³-hybridized carbons (Fsp3) is 0.300. The Balaban J connectivity index is 1.29. The standard InChI is InChI=1S/C30H28ClN3O4/c31-24-8-11-26-27(17-24)34(30(38)33(26)18-19-2-1-3-23(16-19)29(36)37)25-9-6-20(7-10-25)21-12-14-32(15-13-21)28(35)22-4-5-22/h1-3,6-11,16-17,21-22H,4-5,12-15,18H2,(H,36,37). The van der Waals surface area contributed by atoms with Gasteiger partial charge in [-0.2, -0.15) is 0 Å². The quantitative estimate of drug-likeness (QED) is 0.367. The highest BCUT2D eigenvalue weighted by molar-refractivity contribution is 6.31. The van der Waals surface area contributed by atoms with Crippen LogP contribution in [0, 0.1) is 5.92 Å². The van der Waals surface area contributed by atoms with E-state index < -0.39 is 5.97 Å². The summed E-state index contributed by atoms with van der Waals surface area (Å²) in [6.07, 6.45) is 3.97. The summed E-state index contributed by atoms with van der Waals surface area (Å²) in [5.74, 6) is -0.0289. The summed E-state index contributed by atoms with van der Waals surface area (Å²) >= 11 is 6.32. The minimum absolute atomic E-state index is 0.181. The zero-order valence-electron chi connectivity index (χ0n) is 20.8. The first kappa shape index (κ1) is 24.5. The van der Waals surface area contributed by atoms with Gasteiger partial charge in [-0.05, 0) is 85.2 Å². The molecule has 2 fully saturated rings.